The van der Waals surface area contributed by atoms with Crippen molar-refractivity contribution in [3.8, 4) is 0 Å². The van der Waals surface area contributed by atoms with E-state index in [-0.39, 0.29) is 5.41 Å². The molecule has 0 saturated heterocycles. The van der Waals surface area contributed by atoms with Crippen LogP contribution in [0.1, 0.15) is 64.2 Å². The molecular weight excluding hydrogens is 326 g/mol. The van der Waals surface area contributed by atoms with Gasteiger partial charge in [0.1, 0.15) is 0 Å². The SMILES string of the molecule is CN(C(=O)C12CC3CC(CC(C3)C1)C2)C1CCCCC1Br. The van der Waals surface area contributed by atoms with Gasteiger partial charge in [0.15, 0.2) is 0 Å². The predicted molar refractivity (Wildman–Crippen MR) is 88.3 cm³/mol. The Labute approximate surface area is 137 Å². The van der Waals surface area contributed by atoms with E-state index in [1.54, 1.807) is 0 Å². The van der Waals surface area contributed by atoms with Crippen LogP contribution < -0.4 is 0 Å². The first kappa shape index (κ1) is 14.5. The third-order valence-corrected chi connectivity index (χ3v) is 8.03. The highest BCUT2D eigenvalue weighted by molar-refractivity contribution is 9.09. The van der Waals surface area contributed by atoms with Crippen LogP contribution in [0.2, 0.25) is 0 Å². The summed E-state index contributed by atoms with van der Waals surface area (Å²) in [6, 6.07) is 0.430. The maximum atomic E-state index is 13.3. The molecule has 0 radical (unpaired) electrons. The number of carbonyl (C=O) groups excluding carboxylic acids is 1. The lowest BCUT2D eigenvalue weighted by molar-refractivity contribution is -0.158. The van der Waals surface area contributed by atoms with Crippen LogP contribution in [0.5, 0.6) is 0 Å². The average Bonchev–Trinajstić information content (AvgIpc) is 2.45. The second-order valence-corrected chi connectivity index (χ2v) is 9.66. The summed E-state index contributed by atoms with van der Waals surface area (Å²) in [5.41, 5.74) is 0.0354. The van der Waals surface area contributed by atoms with Crippen LogP contribution in [0.3, 0.4) is 0 Å². The van der Waals surface area contributed by atoms with Crippen LogP contribution in [-0.4, -0.2) is 28.7 Å². The van der Waals surface area contributed by atoms with E-state index >= 15 is 0 Å². The number of hydrogen-bond acceptors (Lipinski definition) is 1. The molecule has 2 atom stereocenters. The minimum atomic E-state index is 0.0354. The molecule has 2 unspecified atom stereocenters. The Morgan fingerprint density at radius 3 is 2.05 bits per heavy atom. The van der Waals surface area contributed by atoms with E-state index in [4.69, 9.17) is 0 Å². The fourth-order valence-corrected chi connectivity index (χ4v) is 7.34. The minimum Gasteiger partial charge on any atom is -0.341 e. The summed E-state index contributed by atoms with van der Waals surface area (Å²) in [5, 5.41) is 0. The van der Waals surface area contributed by atoms with Crippen LogP contribution in [-0.2, 0) is 4.79 Å². The van der Waals surface area contributed by atoms with Crippen LogP contribution in [0.15, 0.2) is 0 Å². The Morgan fingerprint density at radius 2 is 1.52 bits per heavy atom. The van der Waals surface area contributed by atoms with Gasteiger partial charge in [-0.3, -0.25) is 4.79 Å². The summed E-state index contributed by atoms with van der Waals surface area (Å²) >= 11 is 3.84. The molecule has 5 aliphatic rings. The Balaban J connectivity index is 1.54. The summed E-state index contributed by atoms with van der Waals surface area (Å²) in [6.07, 6.45) is 12.8. The van der Waals surface area contributed by atoms with Crippen molar-refractivity contribution in [1.82, 2.24) is 4.90 Å². The normalized spacial score (nSPS) is 48.4. The zero-order valence-electron chi connectivity index (χ0n) is 13.2. The number of halogens is 1. The molecule has 0 aromatic heterocycles. The summed E-state index contributed by atoms with van der Waals surface area (Å²) in [7, 11) is 2.09. The van der Waals surface area contributed by atoms with Gasteiger partial charge in [0.05, 0.1) is 5.41 Å². The van der Waals surface area contributed by atoms with E-state index in [1.165, 1.54) is 64.2 Å². The summed E-state index contributed by atoms with van der Waals surface area (Å²) in [5.74, 6) is 3.08. The van der Waals surface area contributed by atoms with E-state index in [0.717, 1.165) is 17.8 Å². The molecule has 0 aromatic carbocycles. The van der Waals surface area contributed by atoms with Gasteiger partial charge < -0.3 is 4.90 Å². The predicted octanol–water partition coefficient (Wildman–Crippen LogP) is 4.37. The van der Waals surface area contributed by atoms with Gasteiger partial charge in [0.2, 0.25) is 5.91 Å². The molecule has 5 fully saturated rings. The van der Waals surface area contributed by atoms with Crippen LogP contribution in [0.25, 0.3) is 0 Å². The standard InChI is InChI=1S/C18H28BrNO/c1-20(16-5-3-2-4-15(16)19)17(21)18-9-12-6-13(10-18)8-14(7-12)11-18/h12-16H,2-11H2,1H3. The molecule has 5 aliphatic carbocycles. The number of amides is 1. The molecule has 4 bridgehead atoms. The second kappa shape index (κ2) is 5.25. The quantitative estimate of drug-likeness (QED) is 0.675. The zero-order valence-corrected chi connectivity index (χ0v) is 14.8. The molecule has 0 N–H and O–H groups in total. The molecule has 1 amide bonds. The lowest BCUT2D eigenvalue weighted by Gasteiger charge is -2.57. The molecule has 0 aromatic rings. The fourth-order valence-electron chi connectivity index (χ4n) is 6.40. The smallest absolute Gasteiger partial charge is 0.228 e. The van der Waals surface area contributed by atoms with Crippen LogP contribution >= 0.6 is 15.9 Å². The summed E-state index contributed by atoms with van der Waals surface area (Å²) in [6.45, 7) is 0. The number of carbonyl (C=O) groups is 1. The molecule has 21 heavy (non-hydrogen) atoms. The van der Waals surface area contributed by atoms with Crippen molar-refractivity contribution >= 4 is 21.8 Å². The molecule has 3 heteroatoms. The first-order valence-electron chi connectivity index (χ1n) is 8.99. The van der Waals surface area contributed by atoms with E-state index in [0.29, 0.717) is 16.8 Å². The van der Waals surface area contributed by atoms with Gasteiger partial charge in [-0.2, -0.15) is 0 Å². The van der Waals surface area contributed by atoms with Crippen LogP contribution in [0.4, 0.5) is 0 Å². The third-order valence-electron chi connectivity index (χ3n) is 6.96. The van der Waals surface area contributed by atoms with Gasteiger partial charge in [0, 0.05) is 17.9 Å². The highest BCUT2D eigenvalue weighted by Crippen LogP contribution is 2.60. The molecule has 5 rings (SSSR count). The number of nitrogens with zero attached hydrogens (tertiary/aromatic N) is 1. The Hall–Kier alpha value is -0.0500. The topological polar surface area (TPSA) is 20.3 Å². The van der Waals surface area contributed by atoms with Crippen molar-refractivity contribution in [3.05, 3.63) is 0 Å². The number of hydrogen-bond donors (Lipinski definition) is 0. The largest absolute Gasteiger partial charge is 0.341 e. The molecule has 2 nitrogen and oxygen atoms in total. The van der Waals surface area contributed by atoms with Crippen molar-refractivity contribution in [1.29, 1.82) is 0 Å². The van der Waals surface area contributed by atoms with Gasteiger partial charge >= 0.3 is 0 Å². The molecule has 0 heterocycles. The Morgan fingerprint density at radius 1 is 1.00 bits per heavy atom. The van der Waals surface area contributed by atoms with Gasteiger partial charge in [-0.25, -0.2) is 0 Å². The molecule has 0 aliphatic heterocycles. The van der Waals surface area contributed by atoms with Crippen LogP contribution in [0, 0.1) is 23.2 Å². The minimum absolute atomic E-state index is 0.0354. The monoisotopic (exact) mass is 353 g/mol. The van der Waals surface area contributed by atoms with E-state index in [9.17, 15) is 4.79 Å². The molecular formula is C18H28BrNO. The lowest BCUT2D eigenvalue weighted by atomic mass is 9.49. The third kappa shape index (κ3) is 2.38. The maximum absolute atomic E-state index is 13.3. The highest BCUT2D eigenvalue weighted by Gasteiger charge is 2.55. The maximum Gasteiger partial charge on any atom is 0.228 e. The number of rotatable bonds is 2. The van der Waals surface area contributed by atoms with Crippen molar-refractivity contribution < 1.29 is 4.79 Å². The second-order valence-electron chi connectivity index (χ2n) is 8.48. The summed E-state index contributed by atoms with van der Waals surface area (Å²) in [4.78, 5) is 16.0. The first-order chi connectivity index (χ1) is 10.1. The first-order valence-corrected chi connectivity index (χ1v) is 9.90. The average molecular weight is 354 g/mol. The lowest BCUT2D eigenvalue weighted by Crippen LogP contribution is -2.57. The van der Waals surface area contributed by atoms with Gasteiger partial charge in [-0.15, -0.1) is 0 Å². The van der Waals surface area contributed by atoms with E-state index < -0.39 is 0 Å². The van der Waals surface area contributed by atoms with Crippen molar-refractivity contribution in [2.75, 3.05) is 7.05 Å². The molecule has 118 valence electrons. The van der Waals surface area contributed by atoms with Gasteiger partial charge in [0.25, 0.3) is 0 Å². The van der Waals surface area contributed by atoms with Crippen molar-refractivity contribution in [3.63, 3.8) is 0 Å². The van der Waals surface area contributed by atoms with E-state index in [2.05, 4.69) is 27.9 Å². The fraction of sp³-hybridized carbons (Fsp3) is 0.944. The molecule has 5 saturated carbocycles. The highest BCUT2D eigenvalue weighted by atomic mass is 79.9. The van der Waals surface area contributed by atoms with Crippen molar-refractivity contribution in [2.24, 2.45) is 23.2 Å². The van der Waals surface area contributed by atoms with E-state index in [1.807, 2.05) is 0 Å². The van der Waals surface area contributed by atoms with Gasteiger partial charge in [-0.1, -0.05) is 28.8 Å². The summed E-state index contributed by atoms with van der Waals surface area (Å²) < 4.78 is 0. The Bertz CT molecular complexity index is 400. The Kier molecular flexibility index (Phi) is 3.63. The van der Waals surface area contributed by atoms with Gasteiger partial charge in [-0.05, 0) is 69.1 Å². The molecule has 0 spiro atoms. The van der Waals surface area contributed by atoms with Crippen molar-refractivity contribution in [2.45, 2.75) is 75.1 Å². The number of alkyl halides is 1. The zero-order chi connectivity index (χ0) is 14.6.